The number of benzene rings is 3. The van der Waals surface area contributed by atoms with E-state index in [4.69, 9.17) is 14.2 Å². The van der Waals surface area contributed by atoms with Gasteiger partial charge >= 0.3 is 12.1 Å². The van der Waals surface area contributed by atoms with Crippen LogP contribution in [0.4, 0.5) is 13.2 Å². The van der Waals surface area contributed by atoms with Crippen LogP contribution in [0.3, 0.4) is 0 Å². The smallest absolute Gasteiger partial charge is 0.390 e. The van der Waals surface area contributed by atoms with Gasteiger partial charge in [-0.1, -0.05) is 91.0 Å². The molecule has 1 heterocycles. The van der Waals surface area contributed by atoms with E-state index < -0.39 is 54.7 Å². The third-order valence-corrected chi connectivity index (χ3v) is 8.02. The number of piperidine rings is 1. The molecule has 1 amide bonds. The zero-order valence-corrected chi connectivity index (χ0v) is 22.9. The molecule has 0 aromatic heterocycles. The summed E-state index contributed by atoms with van der Waals surface area (Å²) >= 11 is 0. The molecule has 6 atom stereocenters. The van der Waals surface area contributed by atoms with E-state index in [0.29, 0.717) is 4.90 Å². The molecule has 0 radical (unpaired) electrons. The second-order valence-corrected chi connectivity index (χ2v) is 10.9. The molecule has 0 bridgehead atoms. The third kappa shape index (κ3) is 6.68. The van der Waals surface area contributed by atoms with Crippen molar-refractivity contribution in [2.24, 2.45) is 0 Å². The number of amides is 1. The number of hydrogen-bond acceptors (Lipinski definition) is 6. The zero-order chi connectivity index (χ0) is 29.7. The van der Waals surface area contributed by atoms with Crippen molar-refractivity contribution < 1.29 is 42.4 Å². The lowest BCUT2D eigenvalue weighted by Gasteiger charge is -2.55. The molecule has 1 saturated carbocycles. The van der Waals surface area contributed by atoms with Crippen molar-refractivity contribution in [2.75, 3.05) is 6.54 Å². The van der Waals surface area contributed by atoms with Crippen LogP contribution in [0.25, 0.3) is 0 Å². The van der Waals surface area contributed by atoms with Gasteiger partial charge in [0.1, 0.15) is 18.3 Å². The Hall–Kier alpha value is -3.28. The van der Waals surface area contributed by atoms with Crippen molar-refractivity contribution in [3.8, 4) is 0 Å². The van der Waals surface area contributed by atoms with Gasteiger partial charge in [-0.25, -0.2) is 0 Å². The van der Waals surface area contributed by atoms with Gasteiger partial charge in [0.2, 0.25) is 0 Å². The van der Waals surface area contributed by atoms with Gasteiger partial charge in [-0.05, 0) is 16.7 Å². The number of carbonyl (C=O) groups excluding carboxylic acids is 1. The summed E-state index contributed by atoms with van der Waals surface area (Å²) in [6.45, 7) is -0.288. The van der Waals surface area contributed by atoms with Gasteiger partial charge < -0.3 is 29.3 Å². The molecule has 2 N–H and O–H groups in total. The first kappa shape index (κ1) is 30.2. The number of ether oxygens (including phenoxy) is 3. The molecule has 2 fully saturated rings. The fourth-order valence-electron chi connectivity index (χ4n) is 5.99. The lowest BCUT2D eigenvalue weighted by atomic mass is 9.78. The van der Waals surface area contributed by atoms with E-state index in [1.807, 2.05) is 91.0 Å². The largest absolute Gasteiger partial charge is 0.471 e. The normalized spacial score (nSPS) is 27.8. The van der Waals surface area contributed by atoms with Crippen LogP contribution in [0.15, 0.2) is 91.0 Å². The van der Waals surface area contributed by atoms with Crippen LogP contribution in [-0.2, 0) is 38.8 Å². The molecule has 1 aliphatic heterocycles. The van der Waals surface area contributed by atoms with Crippen LogP contribution < -0.4 is 0 Å². The Morgan fingerprint density at radius 2 is 1.17 bits per heavy atom. The fraction of sp³-hybridized carbons (Fsp3) is 0.406. The molecule has 3 aromatic carbocycles. The average molecular weight is 586 g/mol. The number of aliphatic hydroxyl groups is 2. The zero-order valence-electron chi connectivity index (χ0n) is 22.9. The van der Waals surface area contributed by atoms with Gasteiger partial charge in [0, 0.05) is 12.8 Å². The van der Waals surface area contributed by atoms with Crippen LogP contribution in [0.2, 0.25) is 0 Å². The van der Waals surface area contributed by atoms with Crippen LogP contribution in [0.5, 0.6) is 0 Å². The molecular formula is C32H34F3NO6. The van der Waals surface area contributed by atoms with E-state index in [0.717, 1.165) is 16.7 Å². The van der Waals surface area contributed by atoms with Crippen molar-refractivity contribution in [1.82, 2.24) is 4.90 Å². The Labute approximate surface area is 242 Å². The maximum atomic E-state index is 14.1. The number of carbonyl (C=O) groups is 1. The van der Waals surface area contributed by atoms with Gasteiger partial charge in [0.15, 0.2) is 0 Å². The number of rotatable bonds is 9. The lowest BCUT2D eigenvalue weighted by Crippen LogP contribution is -2.72. The summed E-state index contributed by atoms with van der Waals surface area (Å²) in [6.07, 6.45) is -11.7. The van der Waals surface area contributed by atoms with Gasteiger partial charge in [-0.2, -0.15) is 13.2 Å². The SMILES string of the molecule is O=C(N1C[C@@H](OCc2ccccc2)[C@H](OCc2ccccc2)[C@@H](OCc2ccccc2)C12C[C@@H](O)[C@@H](O)C2)C(F)(F)F. The quantitative estimate of drug-likeness (QED) is 0.387. The number of alkyl halides is 3. The van der Waals surface area contributed by atoms with Crippen LogP contribution in [0.1, 0.15) is 29.5 Å². The summed E-state index contributed by atoms with van der Waals surface area (Å²) < 4.78 is 61.2. The summed E-state index contributed by atoms with van der Waals surface area (Å²) in [5, 5.41) is 21.3. The average Bonchev–Trinajstić information content (AvgIpc) is 3.29. The highest BCUT2D eigenvalue weighted by Gasteiger charge is 2.64. The molecule has 7 nitrogen and oxygen atoms in total. The molecule has 1 spiro atoms. The summed E-state index contributed by atoms with van der Waals surface area (Å²) in [4.78, 5) is 13.7. The Kier molecular flexibility index (Phi) is 9.29. The number of nitrogens with zero attached hydrogens (tertiary/aromatic N) is 1. The lowest BCUT2D eigenvalue weighted by molar-refractivity contribution is -0.245. The molecule has 1 unspecified atom stereocenters. The number of hydrogen-bond donors (Lipinski definition) is 2. The van der Waals surface area contributed by atoms with Crippen LogP contribution in [0, 0.1) is 0 Å². The second-order valence-electron chi connectivity index (χ2n) is 10.9. The van der Waals surface area contributed by atoms with E-state index in [1.165, 1.54) is 0 Å². The minimum atomic E-state index is -5.20. The molecular weight excluding hydrogens is 551 g/mol. The summed E-state index contributed by atoms with van der Waals surface area (Å²) in [7, 11) is 0. The van der Waals surface area contributed by atoms with E-state index in [-0.39, 0.29) is 32.7 Å². The van der Waals surface area contributed by atoms with Crippen LogP contribution >= 0.6 is 0 Å². The second kappa shape index (κ2) is 12.9. The highest BCUT2D eigenvalue weighted by atomic mass is 19.4. The van der Waals surface area contributed by atoms with E-state index in [1.54, 1.807) is 0 Å². The maximum absolute atomic E-state index is 14.1. The molecule has 42 heavy (non-hydrogen) atoms. The number of aliphatic hydroxyl groups excluding tert-OH is 2. The van der Waals surface area contributed by atoms with Crippen molar-refractivity contribution in [1.29, 1.82) is 0 Å². The third-order valence-electron chi connectivity index (χ3n) is 8.02. The standard InChI is InChI=1S/C32H34F3NO6/c33-32(34,35)30(39)36-18-27(40-19-22-10-4-1-5-11-22)28(41-20-23-12-6-2-7-13-23)29(31(36)16-25(37)26(38)17-31)42-21-24-14-8-3-9-15-24/h1-15,25-29,37-38H,16-21H2/t25-,26+,27-,28+,29-,31?/m1/s1. The monoisotopic (exact) mass is 585 g/mol. The first-order chi connectivity index (χ1) is 20.2. The van der Waals surface area contributed by atoms with Crippen LogP contribution in [-0.4, -0.2) is 69.8 Å². The van der Waals surface area contributed by atoms with Gasteiger partial charge in [0.05, 0.1) is 44.1 Å². The molecule has 1 saturated heterocycles. The highest BCUT2D eigenvalue weighted by Crippen LogP contribution is 2.47. The topological polar surface area (TPSA) is 88.5 Å². The van der Waals surface area contributed by atoms with Gasteiger partial charge in [0.25, 0.3) is 0 Å². The summed E-state index contributed by atoms with van der Waals surface area (Å²) in [5.41, 5.74) is 0.681. The van der Waals surface area contributed by atoms with Gasteiger partial charge in [-0.15, -0.1) is 0 Å². The van der Waals surface area contributed by atoms with Crippen molar-refractivity contribution in [3.63, 3.8) is 0 Å². The Bertz CT molecular complexity index is 1280. The molecule has 224 valence electrons. The van der Waals surface area contributed by atoms with Crippen molar-refractivity contribution in [3.05, 3.63) is 108 Å². The van der Waals surface area contributed by atoms with Gasteiger partial charge in [-0.3, -0.25) is 4.79 Å². The highest BCUT2D eigenvalue weighted by molar-refractivity contribution is 5.83. The Balaban J connectivity index is 1.55. The minimum absolute atomic E-state index is 0.00407. The summed E-state index contributed by atoms with van der Waals surface area (Å²) in [6, 6.07) is 27.5. The molecule has 3 aromatic rings. The Morgan fingerprint density at radius 1 is 0.738 bits per heavy atom. The maximum Gasteiger partial charge on any atom is 0.471 e. The predicted octanol–water partition coefficient (Wildman–Crippen LogP) is 4.40. The van der Waals surface area contributed by atoms with E-state index in [9.17, 15) is 28.2 Å². The van der Waals surface area contributed by atoms with Crippen molar-refractivity contribution >= 4 is 5.91 Å². The Morgan fingerprint density at radius 3 is 1.62 bits per heavy atom. The first-order valence-electron chi connectivity index (χ1n) is 13.9. The molecule has 1 aliphatic carbocycles. The first-order valence-corrected chi connectivity index (χ1v) is 13.9. The summed E-state index contributed by atoms with van der Waals surface area (Å²) in [5.74, 6) is -2.08. The minimum Gasteiger partial charge on any atom is -0.390 e. The molecule has 2 aliphatic rings. The van der Waals surface area contributed by atoms with E-state index in [2.05, 4.69) is 0 Å². The molecule has 5 rings (SSSR count). The van der Waals surface area contributed by atoms with Crippen molar-refractivity contribution in [2.45, 2.75) is 74.9 Å². The molecule has 10 heteroatoms. The fourth-order valence-corrected chi connectivity index (χ4v) is 5.99. The number of halogens is 3. The number of likely N-dealkylation sites (tertiary alicyclic amines) is 1. The van der Waals surface area contributed by atoms with E-state index >= 15 is 0 Å². The predicted molar refractivity (Wildman–Crippen MR) is 147 cm³/mol.